The van der Waals surface area contributed by atoms with Crippen LogP contribution >= 0.6 is 0 Å². The summed E-state index contributed by atoms with van der Waals surface area (Å²) in [6.07, 6.45) is -0.986. The zero-order valence-electron chi connectivity index (χ0n) is 21.9. The highest BCUT2D eigenvalue weighted by atomic mass is 19.4. The average molecular weight is 559 g/mol. The number of unbranched alkanes of at least 4 members (excludes halogenated alkanes) is 1. The first-order valence-corrected chi connectivity index (χ1v) is 13.1. The van der Waals surface area contributed by atoms with Gasteiger partial charge < -0.3 is 10.6 Å². The molecule has 0 fully saturated rings. The highest BCUT2D eigenvalue weighted by Gasteiger charge is 2.31. The van der Waals surface area contributed by atoms with Crippen molar-refractivity contribution in [1.82, 2.24) is 15.3 Å². The summed E-state index contributed by atoms with van der Waals surface area (Å²) >= 11 is 0. The normalized spacial score (nSPS) is 11.4. The Bertz CT molecular complexity index is 1670. The molecule has 1 aromatic heterocycles. The van der Waals surface area contributed by atoms with Crippen LogP contribution in [0.25, 0.3) is 22.0 Å². The highest BCUT2D eigenvalue weighted by Crippen LogP contribution is 2.31. The monoisotopic (exact) mass is 558 g/mol. The Morgan fingerprint density at radius 2 is 1.61 bits per heavy atom. The number of nitrogens with zero attached hydrogens (tertiary/aromatic N) is 2. The molecule has 0 unspecified atom stereocenters. The van der Waals surface area contributed by atoms with E-state index in [-0.39, 0.29) is 6.54 Å². The fourth-order valence-corrected chi connectivity index (χ4v) is 4.53. The van der Waals surface area contributed by atoms with Crippen molar-refractivity contribution in [3.05, 3.63) is 120 Å². The van der Waals surface area contributed by atoms with Gasteiger partial charge in [-0.1, -0.05) is 48.5 Å². The minimum Gasteiger partial charge on any atom is -0.352 e. The van der Waals surface area contributed by atoms with Crippen molar-refractivity contribution in [2.24, 2.45) is 0 Å². The number of fused-ring (bicyclic) bond motifs is 1. The molecule has 5 rings (SSSR count). The molecule has 0 aliphatic heterocycles. The van der Waals surface area contributed by atoms with E-state index in [1.165, 1.54) is 6.33 Å². The van der Waals surface area contributed by atoms with Crippen LogP contribution in [0.1, 0.15) is 34.3 Å². The fourth-order valence-electron chi connectivity index (χ4n) is 4.53. The molecule has 5 nitrogen and oxygen atoms in total. The molecule has 2 N–H and O–H groups in total. The lowest BCUT2D eigenvalue weighted by Crippen LogP contribution is -2.25. The number of amides is 1. The minimum atomic E-state index is -4.67. The molecule has 1 heterocycles. The summed E-state index contributed by atoms with van der Waals surface area (Å²) in [5.41, 5.74) is 3.41. The molecular formula is C32H26F4N4O. The van der Waals surface area contributed by atoms with Crippen molar-refractivity contribution in [3.8, 4) is 11.1 Å². The number of aryl methyl sites for hydroxylation is 1. The molecule has 0 aliphatic carbocycles. The van der Waals surface area contributed by atoms with E-state index < -0.39 is 29.0 Å². The predicted molar refractivity (Wildman–Crippen MR) is 151 cm³/mol. The summed E-state index contributed by atoms with van der Waals surface area (Å²) in [6.45, 7) is 0.279. The molecule has 1 amide bonds. The number of alkyl halides is 3. The van der Waals surface area contributed by atoms with Crippen LogP contribution in [0.5, 0.6) is 0 Å². The van der Waals surface area contributed by atoms with Gasteiger partial charge in [-0.3, -0.25) is 4.79 Å². The zero-order valence-corrected chi connectivity index (χ0v) is 21.9. The second-order valence-corrected chi connectivity index (χ2v) is 9.55. The first-order valence-electron chi connectivity index (χ1n) is 13.1. The number of carbonyl (C=O) groups excluding carboxylic acids is 1. The van der Waals surface area contributed by atoms with E-state index in [2.05, 4.69) is 32.7 Å². The van der Waals surface area contributed by atoms with E-state index in [0.29, 0.717) is 18.6 Å². The van der Waals surface area contributed by atoms with Crippen LogP contribution < -0.4 is 10.6 Å². The Hall–Kier alpha value is -4.79. The van der Waals surface area contributed by atoms with Crippen molar-refractivity contribution in [2.75, 3.05) is 11.9 Å². The second-order valence-electron chi connectivity index (χ2n) is 9.55. The van der Waals surface area contributed by atoms with Gasteiger partial charge in [0.05, 0.1) is 16.6 Å². The van der Waals surface area contributed by atoms with Gasteiger partial charge in [-0.2, -0.15) is 13.2 Å². The van der Waals surface area contributed by atoms with Crippen molar-refractivity contribution >= 4 is 28.3 Å². The quantitative estimate of drug-likeness (QED) is 0.142. The van der Waals surface area contributed by atoms with Crippen LogP contribution in [-0.4, -0.2) is 22.4 Å². The SMILES string of the molecule is O=C(NCCCCc1cccc(-c2ccc3ncnc(Nc4ccccc4)c3c2)c1)c1ccc(C(F)(F)F)cc1F. The van der Waals surface area contributed by atoms with Crippen LogP contribution in [0.3, 0.4) is 0 Å². The van der Waals surface area contributed by atoms with Crippen molar-refractivity contribution in [3.63, 3.8) is 0 Å². The summed E-state index contributed by atoms with van der Waals surface area (Å²) in [4.78, 5) is 21.1. The molecule has 0 atom stereocenters. The van der Waals surface area contributed by atoms with E-state index in [4.69, 9.17) is 0 Å². The highest BCUT2D eigenvalue weighted by molar-refractivity contribution is 5.95. The molecule has 0 bridgehead atoms. The Morgan fingerprint density at radius 3 is 2.39 bits per heavy atom. The van der Waals surface area contributed by atoms with Gasteiger partial charge in [0.25, 0.3) is 5.91 Å². The summed E-state index contributed by atoms with van der Waals surface area (Å²) in [5.74, 6) is -1.21. The average Bonchev–Trinajstić information content (AvgIpc) is 2.97. The number of rotatable bonds is 9. The first kappa shape index (κ1) is 27.8. The molecule has 0 spiro atoms. The maximum atomic E-state index is 14.0. The van der Waals surface area contributed by atoms with Crippen molar-refractivity contribution in [1.29, 1.82) is 0 Å². The molecule has 41 heavy (non-hydrogen) atoms. The molecule has 4 aromatic carbocycles. The second kappa shape index (κ2) is 12.2. The number of para-hydroxylation sites is 1. The number of aromatic nitrogens is 2. The number of benzene rings is 4. The summed E-state index contributed by atoms with van der Waals surface area (Å²) in [5, 5.41) is 6.85. The van der Waals surface area contributed by atoms with Crippen molar-refractivity contribution < 1.29 is 22.4 Å². The lowest BCUT2D eigenvalue weighted by Gasteiger charge is -2.11. The van der Waals surface area contributed by atoms with E-state index in [1.807, 2.05) is 60.7 Å². The molecule has 208 valence electrons. The smallest absolute Gasteiger partial charge is 0.352 e. The maximum absolute atomic E-state index is 14.0. The zero-order chi connectivity index (χ0) is 28.8. The van der Waals surface area contributed by atoms with E-state index in [1.54, 1.807) is 0 Å². The van der Waals surface area contributed by atoms with Gasteiger partial charge in [-0.15, -0.1) is 0 Å². The largest absolute Gasteiger partial charge is 0.416 e. The Kier molecular flexibility index (Phi) is 8.24. The minimum absolute atomic E-state index is 0.279. The molecule has 0 aliphatic rings. The number of halogens is 4. The molecule has 0 saturated carbocycles. The van der Waals surface area contributed by atoms with Gasteiger partial charge >= 0.3 is 6.18 Å². The maximum Gasteiger partial charge on any atom is 0.416 e. The number of anilines is 2. The summed E-state index contributed by atoms with van der Waals surface area (Å²) in [7, 11) is 0. The van der Waals surface area contributed by atoms with Crippen LogP contribution in [0.2, 0.25) is 0 Å². The lowest BCUT2D eigenvalue weighted by molar-refractivity contribution is -0.137. The Morgan fingerprint density at radius 1 is 0.805 bits per heavy atom. The van der Waals surface area contributed by atoms with Gasteiger partial charge in [0.15, 0.2) is 0 Å². The third kappa shape index (κ3) is 6.87. The predicted octanol–water partition coefficient (Wildman–Crippen LogP) is 7.95. The van der Waals surface area contributed by atoms with Gasteiger partial charge in [0, 0.05) is 17.6 Å². The first-order chi connectivity index (χ1) is 19.8. The molecule has 5 aromatic rings. The standard InChI is InChI=1S/C32H26F4N4O/c33-28-19-24(32(34,35)36)13-14-26(28)31(41)37-16-5-4-7-21-8-6-9-22(17-21)23-12-15-29-27(18-23)30(39-20-38-29)40-25-10-2-1-3-11-25/h1-3,6,8-15,17-20H,4-5,7,16H2,(H,37,41)(H,38,39,40). The lowest BCUT2D eigenvalue weighted by atomic mass is 9.99. The van der Waals surface area contributed by atoms with Gasteiger partial charge in [-0.25, -0.2) is 14.4 Å². The Balaban J connectivity index is 1.19. The van der Waals surface area contributed by atoms with Crippen LogP contribution in [0.15, 0.2) is 97.3 Å². The summed E-state index contributed by atoms with van der Waals surface area (Å²) < 4.78 is 52.2. The van der Waals surface area contributed by atoms with E-state index >= 15 is 0 Å². The molecular weight excluding hydrogens is 532 g/mol. The summed E-state index contributed by atoms with van der Waals surface area (Å²) in [6, 6.07) is 25.9. The fraction of sp³-hybridized carbons (Fsp3) is 0.156. The number of carbonyl (C=O) groups is 1. The van der Waals surface area contributed by atoms with Gasteiger partial charge in [0.1, 0.15) is 18.0 Å². The van der Waals surface area contributed by atoms with Crippen molar-refractivity contribution in [2.45, 2.75) is 25.4 Å². The number of nitrogens with one attached hydrogen (secondary N) is 2. The van der Waals surface area contributed by atoms with Crippen LogP contribution in [0, 0.1) is 5.82 Å². The third-order valence-corrected chi connectivity index (χ3v) is 6.65. The van der Waals surface area contributed by atoms with Crippen LogP contribution in [-0.2, 0) is 12.6 Å². The van der Waals surface area contributed by atoms with E-state index in [9.17, 15) is 22.4 Å². The number of hydrogen-bond acceptors (Lipinski definition) is 4. The molecule has 0 saturated heterocycles. The molecule has 0 radical (unpaired) electrons. The molecule has 9 heteroatoms. The number of hydrogen-bond donors (Lipinski definition) is 2. The van der Waals surface area contributed by atoms with E-state index in [0.717, 1.165) is 58.0 Å². The third-order valence-electron chi connectivity index (χ3n) is 6.65. The van der Waals surface area contributed by atoms with Crippen LogP contribution in [0.4, 0.5) is 29.1 Å². The van der Waals surface area contributed by atoms with Gasteiger partial charge in [0.2, 0.25) is 0 Å². The topological polar surface area (TPSA) is 66.9 Å². The van der Waals surface area contributed by atoms with Gasteiger partial charge in [-0.05, 0) is 78.4 Å². The Labute approximate surface area is 234 Å².